The number of rotatable bonds is 5. The van der Waals surface area contributed by atoms with Gasteiger partial charge in [-0.1, -0.05) is 13.8 Å². The summed E-state index contributed by atoms with van der Waals surface area (Å²) in [6.07, 6.45) is 3.37. The second-order valence-electron chi connectivity index (χ2n) is 2.82. The van der Waals surface area contributed by atoms with Crippen molar-refractivity contribution in [3.63, 3.8) is 0 Å². The Morgan fingerprint density at radius 3 is 2.67 bits per heavy atom. The Kier molecular flexibility index (Phi) is 5.98. The molecule has 0 amide bonds. The van der Waals surface area contributed by atoms with Crippen LogP contribution in [-0.4, -0.2) is 28.1 Å². The van der Waals surface area contributed by atoms with Crippen molar-refractivity contribution in [2.75, 3.05) is 12.8 Å². The lowest BCUT2D eigenvalue weighted by Gasteiger charge is -2.05. The summed E-state index contributed by atoms with van der Waals surface area (Å²) in [4.78, 5) is 4.12. The molecule has 72 valence electrons. The minimum absolute atomic E-state index is 0.221. The van der Waals surface area contributed by atoms with Crippen LogP contribution in [0.1, 0.15) is 26.7 Å². The Balaban J connectivity index is 3.62. The van der Waals surface area contributed by atoms with E-state index in [1.54, 1.807) is 6.26 Å². The highest BCUT2D eigenvalue weighted by molar-refractivity contribution is 7.84. The van der Waals surface area contributed by atoms with Crippen LogP contribution in [0, 0.1) is 0 Å². The Hall–Kier alpha value is -0.380. The van der Waals surface area contributed by atoms with Gasteiger partial charge < -0.3 is 5.73 Å². The van der Waals surface area contributed by atoms with Crippen LogP contribution in [0.25, 0.3) is 0 Å². The Labute approximate surface area is 76.9 Å². The van der Waals surface area contributed by atoms with Gasteiger partial charge in [-0.25, -0.2) is 0 Å². The van der Waals surface area contributed by atoms with Crippen molar-refractivity contribution in [2.24, 2.45) is 10.7 Å². The maximum atomic E-state index is 10.9. The molecule has 0 spiro atoms. The van der Waals surface area contributed by atoms with Gasteiger partial charge in [0.15, 0.2) is 0 Å². The maximum absolute atomic E-state index is 10.9. The van der Waals surface area contributed by atoms with Crippen molar-refractivity contribution < 1.29 is 4.21 Å². The molecule has 2 unspecified atom stereocenters. The molecule has 0 aromatic rings. The molecule has 12 heavy (non-hydrogen) atoms. The van der Waals surface area contributed by atoms with E-state index in [1.165, 1.54) is 0 Å². The average Bonchev–Trinajstić information content (AvgIpc) is 2.03. The third kappa shape index (κ3) is 5.29. The van der Waals surface area contributed by atoms with Crippen LogP contribution in [-0.2, 0) is 10.8 Å². The van der Waals surface area contributed by atoms with Crippen molar-refractivity contribution in [2.45, 2.75) is 31.9 Å². The molecular weight excluding hydrogens is 172 g/mol. The Morgan fingerprint density at radius 1 is 1.67 bits per heavy atom. The first kappa shape index (κ1) is 11.6. The quantitative estimate of drug-likeness (QED) is 0.517. The molecule has 0 fully saturated rings. The Morgan fingerprint density at radius 2 is 2.25 bits per heavy atom. The van der Waals surface area contributed by atoms with Gasteiger partial charge in [0.2, 0.25) is 0 Å². The van der Waals surface area contributed by atoms with E-state index >= 15 is 0 Å². The molecule has 0 saturated carbocycles. The molecule has 3 nitrogen and oxygen atoms in total. The molecule has 0 heterocycles. The fraction of sp³-hybridized carbons (Fsp3) is 0.875. The molecule has 0 bridgehead atoms. The first-order valence-electron chi connectivity index (χ1n) is 4.19. The molecule has 0 aromatic heterocycles. The summed E-state index contributed by atoms with van der Waals surface area (Å²) in [6.45, 7) is 4.63. The van der Waals surface area contributed by atoms with Crippen LogP contribution in [0.3, 0.4) is 0 Å². The largest absolute Gasteiger partial charge is 0.387 e. The highest BCUT2D eigenvalue weighted by Crippen LogP contribution is 1.98. The first-order valence-corrected chi connectivity index (χ1v) is 5.81. The predicted molar refractivity (Wildman–Crippen MR) is 54.9 cm³/mol. The summed E-state index contributed by atoms with van der Waals surface area (Å²) in [5, 5.41) is 0.221. The highest BCUT2D eigenvalue weighted by atomic mass is 32.2. The SMILES string of the molecule is CCC(N)=NCCC(C)S(C)=O. The van der Waals surface area contributed by atoms with E-state index in [1.807, 2.05) is 13.8 Å². The number of amidine groups is 1. The van der Waals surface area contributed by atoms with Crippen molar-refractivity contribution >= 4 is 16.6 Å². The number of hydrogen-bond donors (Lipinski definition) is 1. The van der Waals surface area contributed by atoms with E-state index in [4.69, 9.17) is 5.73 Å². The normalized spacial score (nSPS) is 17.4. The van der Waals surface area contributed by atoms with Crippen LogP contribution in [0.4, 0.5) is 0 Å². The molecule has 0 aliphatic heterocycles. The second-order valence-corrected chi connectivity index (χ2v) is 4.63. The van der Waals surface area contributed by atoms with E-state index in [9.17, 15) is 4.21 Å². The molecule has 0 aromatic carbocycles. The fourth-order valence-corrected chi connectivity index (χ4v) is 1.11. The van der Waals surface area contributed by atoms with Gasteiger partial charge in [0.05, 0.1) is 5.84 Å². The second kappa shape index (κ2) is 6.17. The number of nitrogens with two attached hydrogens (primary N) is 1. The zero-order valence-corrected chi connectivity index (χ0v) is 8.86. The minimum Gasteiger partial charge on any atom is -0.387 e. The van der Waals surface area contributed by atoms with Gasteiger partial charge in [0.25, 0.3) is 0 Å². The molecule has 0 aliphatic carbocycles. The summed E-state index contributed by atoms with van der Waals surface area (Å²) in [5.41, 5.74) is 5.51. The van der Waals surface area contributed by atoms with Crippen molar-refractivity contribution in [1.82, 2.24) is 0 Å². The predicted octanol–water partition coefficient (Wildman–Crippen LogP) is 0.911. The third-order valence-electron chi connectivity index (χ3n) is 1.78. The van der Waals surface area contributed by atoms with E-state index in [0.717, 1.165) is 12.8 Å². The van der Waals surface area contributed by atoms with E-state index in [-0.39, 0.29) is 5.25 Å². The van der Waals surface area contributed by atoms with Gasteiger partial charge >= 0.3 is 0 Å². The lowest BCUT2D eigenvalue weighted by molar-refractivity contribution is 0.670. The van der Waals surface area contributed by atoms with Crippen molar-refractivity contribution in [3.05, 3.63) is 0 Å². The summed E-state index contributed by atoms with van der Waals surface area (Å²) in [6, 6.07) is 0. The Bertz CT molecular complexity index is 180. The van der Waals surface area contributed by atoms with Gasteiger partial charge in [-0.2, -0.15) is 0 Å². The topological polar surface area (TPSA) is 55.4 Å². The lowest BCUT2D eigenvalue weighted by Crippen LogP contribution is -2.14. The molecule has 0 rings (SSSR count). The molecule has 0 aliphatic rings. The highest BCUT2D eigenvalue weighted by Gasteiger charge is 2.04. The molecule has 2 atom stereocenters. The summed E-state index contributed by atoms with van der Waals surface area (Å²) < 4.78 is 10.9. The van der Waals surface area contributed by atoms with Crippen LogP contribution in [0.2, 0.25) is 0 Å². The van der Waals surface area contributed by atoms with Crippen LogP contribution >= 0.6 is 0 Å². The van der Waals surface area contributed by atoms with Crippen LogP contribution < -0.4 is 5.73 Å². The van der Waals surface area contributed by atoms with Gasteiger partial charge in [0, 0.05) is 35.3 Å². The van der Waals surface area contributed by atoms with Gasteiger partial charge in [-0.05, 0) is 6.42 Å². The van der Waals surface area contributed by atoms with Gasteiger partial charge in [-0.15, -0.1) is 0 Å². The smallest absolute Gasteiger partial charge is 0.0934 e. The van der Waals surface area contributed by atoms with Crippen LogP contribution in [0.5, 0.6) is 0 Å². The zero-order chi connectivity index (χ0) is 9.56. The van der Waals surface area contributed by atoms with E-state index in [0.29, 0.717) is 12.4 Å². The molecule has 0 saturated heterocycles. The summed E-state index contributed by atoms with van der Waals surface area (Å²) >= 11 is 0. The maximum Gasteiger partial charge on any atom is 0.0934 e. The standard InChI is InChI=1S/C8H18N2OS/c1-4-8(9)10-6-5-7(2)12(3)11/h7H,4-6H2,1-3H3,(H2,9,10). The first-order chi connectivity index (χ1) is 5.57. The number of nitrogens with zero attached hydrogens (tertiary/aromatic N) is 1. The van der Waals surface area contributed by atoms with Crippen molar-refractivity contribution in [1.29, 1.82) is 0 Å². The fourth-order valence-electron chi connectivity index (χ4n) is 0.668. The van der Waals surface area contributed by atoms with Crippen molar-refractivity contribution in [3.8, 4) is 0 Å². The molecular formula is C8H18N2OS. The lowest BCUT2D eigenvalue weighted by atomic mass is 10.3. The van der Waals surface area contributed by atoms with E-state index < -0.39 is 10.8 Å². The van der Waals surface area contributed by atoms with E-state index in [2.05, 4.69) is 4.99 Å². The zero-order valence-electron chi connectivity index (χ0n) is 8.04. The molecule has 2 N–H and O–H groups in total. The molecule has 0 radical (unpaired) electrons. The minimum atomic E-state index is -0.737. The average molecular weight is 190 g/mol. The summed E-state index contributed by atoms with van der Waals surface area (Å²) in [7, 11) is -0.737. The van der Waals surface area contributed by atoms with Gasteiger partial charge in [-0.3, -0.25) is 9.20 Å². The van der Waals surface area contributed by atoms with Crippen LogP contribution in [0.15, 0.2) is 4.99 Å². The molecule has 4 heteroatoms. The number of hydrogen-bond acceptors (Lipinski definition) is 2. The monoisotopic (exact) mass is 190 g/mol. The summed E-state index contributed by atoms with van der Waals surface area (Å²) in [5.74, 6) is 0.684. The van der Waals surface area contributed by atoms with Gasteiger partial charge in [0.1, 0.15) is 0 Å². The number of aliphatic imine (C=N–C) groups is 1. The third-order valence-corrected chi connectivity index (χ3v) is 3.15.